The smallest absolute Gasteiger partial charge is 0.305 e. The van der Waals surface area contributed by atoms with E-state index in [9.17, 15) is 4.79 Å². The summed E-state index contributed by atoms with van der Waals surface area (Å²) < 4.78 is 10.7. The van der Waals surface area contributed by atoms with Gasteiger partial charge in [0.1, 0.15) is 18.5 Å². The van der Waals surface area contributed by atoms with Gasteiger partial charge in [-0.05, 0) is 37.0 Å². The predicted molar refractivity (Wildman–Crippen MR) is 76.5 cm³/mol. The van der Waals surface area contributed by atoms with Crippen molar-refractivity contribution in [3.05, 3.63) is 29.8 Å². The predicted octanol–water partition coefficient (Wildman–Crippen LogP) is 3.92. The van der Waals surface area contributed by atoms with E-state index < -0.39 is 0 Å². The average molecular weight is 264 g/mol. The van der Waals surface area contributed by atoms with Crippen LogP contribution in [0.25, 0.3) is 0 Å². The molecule has 106 valence electrons. The second kappa shape index (κ2) is 7.82. The van der Waals surface area contributed by atoms with Crippen LogP contribution in [0.1, 0.15) is 52.0 Å². The molecule has 0 aromatic heterocycles. The van der Waals surface area contributed by atoms with Gasteiger partial charge in [0.15, 0.2) is 0 Å². The van der Waals surface area contributed by atoms with Crippen molar-refractivity contribution >= 4 is 5.97 Å². The van der Waals surface area contributed by atoms with Gasteiger partial charge >= 0.3 is 5.97 Å². The highest BCUT2D eigenvalue weighted by Gasteiger charge is 2.08. The number of hydrogen-bond donors (Lipinski definition) is 0. The molecule has 0 radical (unpaired) electrons. The first-order valence-electron chi connectivity index (χ1n) is 6.99. The summed E-state index contributed by atoms with van der Waals surface area (Å²) in [6, 6.07) is 8.12. The highest BCUT2D eigenvalue weighted by atomic mass is 16.6. The van der Waals surface area contributed by atoms with Crippen molar-refractivity contribution in [3.8, 4) is 5.75 Å². The van der Waals surface area contributed by atoms with Crippen LogP contribution in [0.15, 0.2) is 24.3 Å². The summed E-state index contributed by atoms with van der Waals surface area (Å²) in [4.78, 5) is 11.1. The van der Waals surface area contributed by atoms with Gasteiger partial charge in [-0.2, -0.15) is 0 Å². The topological polar surface area (TPSA) is 35.5 Å². The Bertz CT molecular complexity index is 383. The molecule has 0 bridgehead atoms. The Hall–Kier alpha value is -1.51. The largest absolute Gasteiger partial charge is 0.490 e. The molecule has 0 aliphatic heterocycles. The van der Waals surface area contributed by atoms with E-state index in [1.807, 2.05) is 19.1 Å². The molecule has 0 heterocycles. The maximum absolute atomic E-state index is 11.1. The van der Waals surface area contributed by atoms with E-state index in [2.05, 4.69) is 26.0 Å². The normalized spacial score (nSPS) is 13.7. The molecule has 2 atom stereocenters. The lowest BCUT2D eigenvalue weighted by atomic mass is 9.99. The Morgan fingerprint density at radius 1 is 1.16 bits per heavy atom. The number of carbonyl (C=O) groups is 1. The van der Waals surface area contributed by atoms with E-state index in [-0.39, 0.29) is 12.1 Å². The van der Waals surface area contributed by atoms with Crippen LogP contribution < -0.4 is 4.74 Å². The number of ether oxygens (including phenoxy) is 2. The molecule has 0 N–H and O–H groups in total. The van der Waals surface area contributed by atoms with Crippen LogP contribution in [0, 0.1) is 0 Å². The van der Waals surface area contributed by atoms with E-state index >= 15 is 0 Å². The van der Waals surface area contributed by atoms with E-state index in [0.717, 1.165) is 12.2 Å². The number of esters is 1. The van der Waals surface area contributed by atoms with Crippen molar-refractivity contribution in [3.63, 3.8) is 0 Å². The van der Waals surface area contributed by atoms with Crippen molar-refractivity contribution in [2.75, 3.05) is 6.61 Å². The van der Waals surface area contributed by atoms with E-state index in [4.69, 9.17) is 9.47 Å². The third-order valence-corrected chi connectivity index (χ3v) is 3.17. The summed E-state index contributed by atoms with van der Waals surface area (Å²) in [6.45, 7) is 8.39. The summed E-state index contributed by atoms with van der Waals surface area (Å²) in [6.07, 6.45) is 1.31. The van der Waals surface area contributed by atoms with Gasteiger partial charge in [0.2, 0.25) is 0 Å². The second-order valence-corrected chi connectivity index (χ2v) is 4.84. The fourth-order valence-electron chi connectivity index (χ4n) is 1.68. The Morgan fingerprint density at radius 2 is 1.79 bits per heavy atom. The van der Waals surface area contributed by atoms with Crippen LogP contribution >= 0.6 is 0 Å². The zero-order valence-electron chi connectivity index (χ0n) is 12.3. The SMILES string of the molecule is CCC(=O)O[C@@H](C)COc1ccc([C@H](C)CC)cc1. The standard InChI is InChI=1S/C16H24O3/c1-5-12(3)14-7-9-15(10-8-14)18-11-13(4)19-16(17)6-2/h7-10,12-13H,5-6,11H2,1-4H3/t12-,13+/m1/s1. The molecule has 19 heavy (non-hydrogen) atoms. The van der Waals surface area contributed by atoms with Crippen LogP contribution in [0.3, 0.4) is 0 Å². The molecule has 1 aromatic rings. The van der Waals surface area contributed by atoms with Gasteiger partial charge in [0.25, 0.3) is 0 Å². The van der Waals surface area contributed by atoms with Gasteiger partial charge in [-0.15, -0.1) is 0 Å². The van der Waals surface area contributed by atoms with Crippen LogP contribution in [-0.2, 0) is 9.53 Å². The first kappa shape index (κ1) is 15.5. The molecule has 0 saturated heterocycles. The minimum Gasteiger partial charge on any atom is -0.490 e. The first-order chi connectivity index (χ1) is 9.06. The maximum atomic E-state index is 11.1. The Balaban J connectivity index is 2.43. The Labute approximate surface area is 115 Å². The summed E-state index contributed by atoms with van der Waals surface area (Å²) in [5, 5.41) is 0. The van der Waals surface area contributed by atoms with Gasteiger partial charge in [0, 0.05) is 6.42 Å². The van der Waals surface area contributed by atoms with Gasteiger partial charge < -0.3 is 9.47 Å². The number of hydrogen-bond acceptors (Lipinski definition) is 3. The average Bonchev–Trinajstić information content (AvgIpc) is 2.44. The number of rotatable bonds is 7. The van der Waals surface area contributed by atoms with Gasteiger partial charge in [-0.25, -0.2) is 0 Å². The van der Waals surface area contributed by atoms with Crippen LogP contribution in [0.5, 0.6) is 5.75 Å². The molecular formula is C16H24O3. The third kappa shape index (κ3) is 5.33. The molecule has 0 fully saturated rings. The van der Waals surface area contributed by atoms with E-state index in [0.29, 0.717) is 18.9 Å². The lowest BCUT2D eigenvalue weighted by molar-refractivity contribution is -0.149. The highest BCUT2D eigenvalue weighted by molar-refractivity contribution is 5.69. The third-order valence-electron chi connectivity index (χ3n) is 3.17. The van der Waals surface area contributed by atoms with Crippen molar-refractivity contribution < 1.29 is 14.3 Å². The molecule has 1 aromatic carbocycles. The molecule has 0 aliphatic rings. The van der Waals surface area contributed by atoms with Gasteiger partial charge in [-0.1, -0.05) is 32.9 Å². The monoisotopic (exact) mass is 264 g/mol. The zero-order chi connectivity index (χ0) is 14.3. The lowest BCUT2D eigenvalue weighted by Crippen LogP contribution is -2.21. The van der Waals surface area contributed by atoms with Gasteiger partial charge in [0.05, 0.1) is 0 Å². The molecule has 0 spiro atoms. The summed E-state index contributed by atoms with van der Waals surface area (Å²) in [5.41, 5.74) is 1.32. The zero-order valence-corrected chi connectivity index (χ0v) is 12.3. The summed E-state index contributed by atoms with van der Waals surface area (Å²) in [7, 11) is 0. The molecule has 3 nitrogen and oxygen atoms in total. The molecular weight excluding hydrogens is 240 g/mol. The minimum absolute atomic E-state index is 0.191. The molecule has 3 heteroatoms. The number of benzene rings is 1. The second-order valence-electron chi connectivity index (χ2n) is 4.84. The Morgan fingerprint density at radius 3 is 2.32 bits per heavy atom. The molecule has 0 unspecified atom stereocenters. The van der Waals surface area contributed by atoms with Crippen LogP contribution in [0.2, 0.25) is 0 Å². The number of carbonyl (C=O) groups excluding carboxylic acids is 1. The molecule has 0 amide bonds. The maximum Gasteiger partial charge on any atom is 0.305 e. The fourth-order valence-corrected chi connectivity index (χ4v) is 1.68. The molecule has 1 rings (SSSR count). The van der Waals surface area contributed by atoms with Gasteiger partial charge in [-0.3, -0.25) is 4.79 Å². The lowest BCUT2D eigenvalue weighted by Gasteiger charge is -2.15. The fraction of sp³-hybridized carbons (Fsp3) is 0.562. The highest BCUT2D eigenvalue weighted by Crippen LogP contribution is 2.21. The van der Waals surface area contributed by atoms with Crippen LogP contribution in [-0.4, -0.2) is 18.7 Å². The molecule has 0 saturated carbocycles. The first-order valence-corrected chi connectivity index (χ1v) is 6.99. The van der Waals surface area contributed by atoms with Crippen molar-refractivity contribution in [1.82, 2.24) is 0 Å². The Kier molecular flexibility index (Phi) is 6.40. The van der Waals surface area contributed by atoms with Crippen molar-refractivity contribution in [2.45, 2.75) is 52.6 Å². The quantitative estimate of drug-likeness (QED) is 0.700. The summed E-state index contributed by atoms with van der Waals surface area (Å²) in [5.74, 6) is 1.19. The van der Waals surface area contributed by atoms with Crippen molar-refractivity contribution in [1.29, 1.82) is 0 Å². The van der Waals surface area contributed by atoms with Crippen LogP contribution in [0.4, 0.5) is 0 Å². The minimum atomic E-state index is -0.221. The summed E-state index contributed by atoms with van der Waals surface area (Å²) >= 11 is 0. The van der Waals surface area contributed by atoms with E-state index in [1.54, 1.807) is 6.92 Å². The van der Waals surface area contributed by atoms with E-state index in [1.165, 1.54) is 5.56 Å². The van der Waals surface area contributed by atoms with Crippen molar-refractivity contribution in [2.24, 2.45) is 0 Å². The molecule has 0 aliphatic carbocycles.